The number of hydrogen-bond donors (Lipinski definition) is 1. The molecule has 1 fully saturated rings. The van der Waals surface area contributed by atoms with E-state index in [2.05, 4.69) is 15.0 Å². The average molecular weight is 277 g/mol. The van der Waals surface area contributed by atoms with Crippen LogP contribution in [0.4, 0.5) is 0 Å². The Morgan fingerprint density at radius 3 is 2.75 bits per heavy atom. The first-order valence-corrected chi connectivity index (χ1v) is 6.59. The number of aromatic nitrogens is 1. The molecule has 0 saturated heterocycles. The molecule has 1 aromatic heterocycles. The van der Waals surface area contributed by atoms with Crippen molar-refractivity contribution in [2.75, 3.05) is 20.7 Å². The lowest BCUT2D eigenvalue weighted by Crippen LogP contribution is -2.36. The Balaban J connectivity index is 1.82. The summed E-state index contributed by atoms with van der Waals surface area (Å²) in [7, 11) is 3.20. The Morgan fingerprint density at radius 2 is 2.20 bits per heavy atom. The molecule has 0 unspecified atom stereocenters. The molecule has 2 rings (SSSR count). The van der Waals surface area contributed by atoms with Gasteiger partial charge in [-0.1, -0.05) is 0 Å². The minimum Gasteiger partial charge on any atom is -0.465 e. The van der Waals surface area contributed by atoms with Crippen molar-refractivity contribution in [3.8, 4) is 0 Å². The molecule has 1 heterocycles. The van der Waals surface area contributed by atoms with Gasteiger partial charge in [0.05, 0.1) is 24.9 Å². The maximum Gasteiger partial charge on any atom is 0.339 e. The summed E-state index contributed by atoms with van der Waals surface area (Å²) in [6, 6.07) is 3.82. The largest absolute Gasteiger partial charge is 0.465 e. The van der Waals surface area contributed by atoms with Crippen LogP contribution in [0.5, 0.6) is 0 Å². The van der Waals surface area contributed by atoms with Crippen molar-refractivity contribution in [2.24, 2.45) is 0 Å². The molecule has 1 saturated carbocycles. The fourth-order valence-electron chi connectivity index (χ4n) is 1.84. The number of carbonyl (C=O) groups is 2. The van der Waals surface area contributed by atoms with E-state index in [9.17, 15) is 9.59 Å². The molecule has 0 bridgehead atoms. The second kappa shape index (κ2) is 6.47. The van der Waals surface area contributed by atoms with E-state index >= 15 is 0 Å². The Kier molecular flexibility index (Phi) is 4.68. The van der Waals surface area contributed by atoms with Gasteiger partial charge in [0.25, 0.3) is 0 Å². The number of amides is 1. The lowest BCUT2D eigenvalue weighted by atomic mass is 10.2. The highest BCUT2D eigenvalue weighted by Crippen LogP contribution is 2.18. The zero-order valence-electron chi connectivity index (χ0n) is 11.8. The summed E-state index contributed by atoms with van der Waals surface area (Å²) in [6.45, 7) is 0.899. The second-order valence-electron chi connectivity index (χ2n) is 5.04. The van der Waals surface area contributed by atoms with Gasteiger partial charge in [-0.05, 0) is 32.0 Å². The average Bonchev–Trinajstić information content (AvgIpc) is 3.22. The number of rotatable bonds is 6. The summed E-state index contributed by atoms with van der Waals surface area (Å²) in [5.41, 5.74) is 1.23. The number of likely N-dealkylation sites (N-methyl/N-ethyl adjacent to an activating group) is 1. The molecule has 1 N–H and O–H groups in total. The molecule has 6 nitrogen and oxygen atoms in total. The summed E-state index contributed by atoms with van der Waals surface area (Å²) >= 11 is 0. The van der Waals surface area contributed by atoms with E-state index in [0.717, 1.165) is 18.5 Å². The van der Waals surface area contributed by atoms with Crippen molar-refractivity contribution in [3.63, 3.8) is 0 Å². The van der Waals surface area contributed by atoms with Crippen LogP contribution in [0.3, 0.4) is 0 Å². The van der Waals surface area contributed by atoms with E-state index in [1.165, 1.54) is 13.3 Å². The molecule has 6 heteroatoms. The molecule has 0 aromatic carbocycles. The number of pyridine rings is 1. The molecule has 20 heavy (non-hydrogen) atoms. The number of hydrogen-bond acceptors (Lipinski definition) is 5. The maximum atomic E-state index is 11.6. The number of nitrogens with zero attached hydrogens (tertiary/aromatic N) is 2. The van der Waals surface area contributed by atoms with E-state index in [1.807, 2.05) is 11.9 Å². The number of nitrogens with one attached hydrogen (secondary N) is 1. The highest BCUT2D eigenvalue weighted by atomic mass is 16.5. The SMILES string of the molecule is COC(=O)c1ccc(CN(C)CC(=O)NC2CC2)nc1. The topological polar surface area (TPSA) is 71.5 Å². The van der Waals surface area contributed by atoms with Crippen molar-refractivity contribution in [3.05, 3.63) is 29.6 Å². The number of methoxy groups -OCH3 is 1. The van der Waals surface area contributed by atoms with E-state index in [-0.39, 0.29) is 5.91 Å². The van der Waals surface area contributed by atoms with Crippen LogP contribution >= 0.6 is 0 Å². The van der Waals surface area contributed by atoms with Gasteiger partial charge < -0.3 is 10.1 Å². The number of esters is 1. The first-order valence-electron chi connectivity index (χ1n) is 6.59. The molecule has 0 spiro atoms. The van der Waals surface area contributed by atoms with Crippen LogP contribution in [0.1, 0.15) is 28.9 Å². The standard InChI is InChI=1S/C14H19N3O3/c1-17(9-13(18)16-11-5-6-11)8-12-4-3-10(7-15-12)14(19)20-2/h3-4,7,11H,5-6,8-9H2,1-2H3,(H,16,18). The van der Waals surface area contributed by atoms with Crippen LogP contribution in [0, 0.1) is 0 Å². The van der Waals surface area contributed by atoms with Crippen molar-refractivity contribution in [1.29, 1.82) is 0 Å². The maximum absolute atomic E-state index is 11.6. The van der Waals surface area contributed by atoms with Gasteiger partial charge in [0.2, 0.25) is 5.91 Å². The molecule has 1 aliphatic rings. The predicted molar refractivity (Wildman–Crippen MR) is 73.1 cm³/mol. The zero-order valence-corrected chi connectivity index (χ0v) is 11.8. The minimum absolute atomic E-state index is 0.0428. The summed E-state index contributed by atoms with van der Waals surface area (Å²) < 4.78 is 4.61. The third kappa shape index (κ3) is 4.31. The fourth-order valence-corrected chi connectivity index (χ4v) is 1.84. The third-order valence-corrected chi connectivity index (χ3v) is 3.03. The van der Waals surface area contributed by atoms with Crippen LogP contribution in [0.15, 0.2) is 18.3 Å². The van der Waals surface area contributed by atoms with Gasteiger partial charge in [0, 0.05) is 18.8 Å². The Morgan fingerprint density at radius 1 is 1.45 bits per heavy atom. The van der Waals surface area contributed by atoms with Crippen molar-refractivity contribution >= 4 is 11.9 Å². The molecule has 108 valence electrons. The van der Waals surface area contributed by atoms with Gasteiger partial charge in [-0.15, -0.1) is 0 Å². The molecule has 0 atom stereocenters. The van der Waals surface area contributed by atoms with Crippen molar-refractivity contribution < 1.29 is 14.3 Å². The molecule has 0 radical (unpaired) electrons. The van der Waals surface area contributed by atoms with Gasteiger partial charge in [-0.3, -0.25) is 14.7 Å². The van der Waals surface area contributed by atoms with Crippen molar-refractivity contribution in [2.45, 2.75) is 25.4 Å². The monoisotopic (exact) mass is 277 g/mol. The van der Waals surface area contributed by atoms with Crippen molar-refractivity contribution in [1.82, 2.24) is 15.2 Å². The number of ether oxygens (including phenoxy) is 1. The smallest absolute Gasteiger partial charge is 0.339 e. The van der Waals surface area contributed by atoms with Gasteiger partial charge in [-0.2, -0.15) is 0 Å². The van der Waals surface area contributed by atoms with Crippen LogP contribution in [-0.2, 0) is 16.1 Å². The van der Waals surface area contributed by atoms with E-state index in [4.69, 9.17) is 0 Å². The first kappa shape index (κ1) is 14.5. The molecule has 1 aliphatic carbocycles. The van der Waals surface area contributed by atoms with Crippen LogP contribution in [0.2, 0.25) is 0 Å². The quantitative estimate of drug-likeness (QED) is 0.770. The molecular formula is C14H19N3O3. The molecule has 0 aliphatic heterocycles. The molecule has 1 aromatic rings. The Bertz CT molecular complexity index is 483. The van der Waals surface area contributed by atoms with Crippen LogP contribution in [-0.4, -0.2) is 48.5 Å². The van der Waals surface area contributed by atoms with Gasteiger partial charge in [-0.25, -0.2) is 4.79 Å². The van der Waals surface area contributed by atoms with Gasteiger partial charge in [0.1, 0.15) is 0 Å². The lowest BCUT2D eigenvalue weighted by molar-refractivity contribution is -0.122. The second-order valence-corrected chi connectivity index (χ2v) is 5.04. The van der Waals surface area contributed by atoms with Gasteiger partial charge >= 0.3 is 5.97 Å². The summed E-state index contributed by atoms with van der Waals surface area (Å²) in [6.07, 6.45) is 3.66. The summed E-state index contributed by atoms with van der Waals surface area (Å²) in [4.78, 5) is 29.0. The minimum atomic E-state index is -0.402. The third-order valence-electron chi connectivity index (χ3n) is 3.03. The van der Waals surface area contributed by atoms with E-state index in [0.29, 0.717) is 24.7 Å². The lowest BCUT2D eigenvalue weighted by Gasteiger charge is -2.15. The Hall–Kier alpha value is -1.95. The normalized spacial score (nSPS) is 14.2. The fraction of sp³-hybridized carbons (Fsp3) is 0.500. The van der Waals surface area contributed by atoms with Crippen LogP contribution < -0.4 is 5.32 Å². The highest BCUT2D eigenvalue weighted by Gasteiger charge is 2.23. The Labute approximate surface area is 118 Å². The summed E-state index contributed by atoms with van der Waals surface area (Å²) in [5.74, 6) is -0.359. The predicted octanol–water partition coefficient (Wildman–Crippen LogP) is 0.579. The first-order chi connectivity index (χ1) is 9.58. The highest BCUT2D eigenvalue weighted by molar-refractivity contribution is 5.88. The van der Waals surface area contributed by atoms with E-state index < -0.39 is 5.97 Å². The summed E-state index contributed by atoms with van der Waals surface area (Å²) in [5, 5.41) is 2.94. The molecule has 1 amide bonds. The number of carbonyl (C=O) groups excluding carboxylic acids is 2. The van der Waals surface area contributed by atoms with E-state index in [1.54, 1.807) is 12.1 Å². The van der Waals surface area contributed by atoms with Gasteiger partial charge in [0.15, 0.2) is 0 Å². The zero-order chi connectivity index (χ0) is 14.5. The van der Waals surface area contributed by atoms with Crippen LogP contribution in [0.25, 0.3) is 0 Å². The molecular weight excluding hydrogens is 258 g/mol.